The molecule has 1 aliphatic heterocycles. The number of carbonyl (C=O) groups excluding carboxylic acids is 1. The van der Waals surface area contributed by atoms with Gasteiger partial charge in [-0.2, -0.15) is 0 Å². The van der Waals surface area contributed by atoms with Crippen LogP contribution < -0.4 is 0 Å². The highest BCUT2D eigenvalue weighted by Crippen LogP contribution is 2.62. The summed E-state index contributed by atoms with van der Waals surface area (Å²) in [7, 11) is -1.47. The maximum Gasteiger partial charge on any atom is 0.362 e. The van der Waals surface area contributed by atoms with Gasteiger partial charge in [-0.25, -0.2) is 4.79 Å². The second-order valence-corrected chi connectivity index (χ2v) is 10.3. The fourth-order valence-corrected chi connectivity index (χ4v) is 7.87. The van der Waals surface area contributed by atoms with Crippen LogP contribution in [0.4, 0.5) is 4.79 Å². The van der Waals surface area contributed by atoms with Gasteiger partial charge in [-0.15, -0.1) is 0 Å². The van der Waals surface area contributed by atoms with Gasteiger partial charge in [0.2, 0.25) is 0 Å². The van der Waals surface area contributed by atoms with Crippen LogP contribution in [0.25, 0.3) is 0 Å². The van der Waals surface area contributed by atoms with E-state index >= 15 is 0 Å². The van der Waals surface area contributed by atoms with E-state index in [2.05, 4.69) is 25.7 Å². The molecule has 0 aromatic heterocycles. The summed E-state index contributed by atoms with van der Waals surface area (Å²) in [6, 6.07) is 0. The van der Waals surface area contributed by atoms with Gasteiger partial charge < -0.3 is 9.64 Å². The highest BCUT2D eigenvalue weighted by atomic mass is 31.2. The minimum atomic E-state index is -1.47. The number of nitrogens with zero attached hydrogens (tertiary/aromatic N) is 1. The van der Waals surface area contributed by atoms with Crippen molar-refractivity contribution in [3.05, 3.63) is 0 Å². The molecule has 1 saturated heterocycles. The van der Waals surface area contributed by atoms with Crippen molar-refractivity contribution in [1.29, 1.82) is 0 Å². The van der Waals surface area contributed by atoms with Crippen LogP contribution in [0.5, 0.6) is 0 Å². The molecule has 1 heterocycles. The van der Waals surface area contributed by atoms with E-state index in [1.54, 1.807) is 0 Å². The van der Waals surface area contributed by atoms with Crippen LogP contribution in [-0.4, -0.2) is 55.3 Å². The minimum absolute atomic E-state index is 0.529. The summed E-state index contributed by atoms with van der Waals surface area (Å²) >= 11 is 0. The van der Waals surface area contributed by atoms with Gasteiger partial charge >= 0.3 is 5.65 Å². The lowest BCUT2D eigenvalue weighted by Crippen LogP contribution is -2.42. The molecule has 21 heavy (non-hydrogen) atoms. The third kappa shape index (κ3) is 5.87. The number of amides is 1. The number of carbonyl (C=O) groups is 1. The molecule has 0 aromatic rings. The molecule has 0 saturated carbocycles. The predicted octanol–water partition coefficient (Wildman–Crippen LogP) is 4.86. The van der Waals surface area contributed by atoms with Crippen LogP contribution in [0.2, 0.25) is 0 Å². The zero-order valence-electron chi connectivity index (χ0n) is 14.4. The van der Waals surface area contributed by atoms with E-state index in [1.807, 2.05) is 0 Å². The zero-order chi connectivity index (χ0) is 15.6. The van der Waals surface area contributed by atoms with Gasteiger partial charge in [-0.1, -0.05) is 40.0 Å². The SMILES string of the molecule is CCCC[P+](CCCC)(CCCC)C(=O)N1CCOCC1. The number of rotatable bonds is 10. The van der Waals surface area contributed by atoms with E-state index in [0.29, 0.717) is 5.65 Å². The number of hydrogen-bond donors (Lipinski definition) is 0. The lowest BCUT2D eigenvalue weighted by molar-refractivity contribution is 0.0588. The second kappa shape index (κ2) is 10.6. The molecule has 124 valence electrons. The van der Waals surface area contributed by atoms with Crippen LogP contribution in [0.1, 0.15) is 59.3 Å². The number of hydrogen-bond acceptors (Lipinski definition) is 2. The van der Waals surface area contributed by atoms with E-state index in [9.17, 15) is 4.79 Å². The Balaban J connectivity index is 2.84. The summed E-state index contributed by atoms with van der Waals surface area (Å²) in [6.07, 6.45) is 10.8. The van der Waals surface area contributed by atoms with E-state index in [1.165, 1.54) is 57.0 Å². The topological polar surface area (TPSA) is 29.5 Å². The minimum Gasteiger partial charge on any atom is -0.378 e. The molecule has 1 amide bonds. The van der Waals surface area contributed by atoms with E-state index < -0.39 is 7.26 Å². The molecule has 0 N–H and O–H groups in total. The molecule has 0 aliphatic carbocycles. The smallest absolute Gasteiger partial charge is 0.362 e. The van der Waals surface area contributed by atoms with Gasteiger partial charge in [0.15, 0.2) is 0 Å². The van der Waals surface area contributed by atoms with E-state index in [-0.39, 0.29) is 0 Å². The third-order valence-corrected chi connectivity index (χ3v) is 9.12. The van der Waals surface area contributed by atoms with Gasteiger partial charge in [0, 0.05) is 13.1 Å². The van der Waals surface area contributed by atoms with Crippen molar-refractivity contribution in [3.8, 4) is 0 Å². The Morgan fingerprint density at radius 3 is 1.71 bits per heavy atom. The molecule has 1 rings (SSSR count). The van der Waals surface area contributed by atoms with E-state index in [4.69, 9.17) is 4.74 Å². The monoisotopic (exact) mass is 316 g/mol. The quantitative estimate of drug-likeness (QED) is 0.539. The fourth-order valence-electron chi connectivity index (χ4n) is 3.06. The van der Waals surface area contributed by atoms with Gasteiger partial charge in [-0.3, -0.25) is 0 Å². The van der Waals surface area contributed by atoms with Crippen LogP contribution in [0.3, 0.4) is 0 Å². The predicted molar refractivity (Wildman–Crippen MR) is 94.0 cm³/mol. The summed E-state index contributed by atoms with van der Waals surface area (Å²) in [6.45, 7) is 9.80. The highest BCUT2D eigenvalue weighted by Gasteiger charge is 2.47. The standard InChI is InChI=1S/C17H35NO2P/c1-4-7-14-21(15-8-5-2,16-9-6-3)17(19)18-10-12-20-13-11-18/h4-16H2,1-3H3/q+1. The fraction of sp³-hybridized carbons (Fsp3) is 0.941. The van der Waals surface area contributed by atoms with Crippen LogP contribution in [0.15, 0.2) is 0 Å². The Bertz CT molecular complexity index is 269. The van der Waals surface area contributed by atoms with Gasteiger partial charge in [-0.05, 0) is 19.3 Å². The van der Waals surface area contributed by atoms with Gasteiger partial charge in [0.25, 0.3) is 0 Å². The van der Waals surface area contributed by atoms with Crippen molar-refractivity contribution in [1.82, 2.24) is 4.90 Å². The molecule has 1 aliphatic rings. The molecular weight excluding hydrogens is 281 g/mol. The zero-order valence-corrected chi connectivity index (χ0v) is 15.3. The molecule has 0 unspecified atom stereocenters. The first-order valence-electron chi connectivity index (χ1n) is 8.93. The average molecular weight is 316 g/mol. The van der Waals surface area contributed by atoms with Crippen molar-refractivity contribution >= 4 is 12.9 Å². The lowest BCUT2D eigenvalue weighted by Gasteiger charge is -2.33. The van der Waals surface area contributed by atoms with Gasteiger partial charge in [0.1, 0.15) is 7.26 Å². The number of unbranched alkanes of at least 4 members (excludes halogenated alkanes) is 3. The summed E-state index contributed by atoms with van der Waals surface area (Å²) in [5.74, 6) is 0. The maximum atomic E-state index is 13.3. The Morgan fingerprint density at radius 2 is 1.33 bits per heavy atom. The molecule has 1 fully saturated rings. The molecule has 0 spiro atoms. The van der Waals surface area contributed by atoms with E-state index in [0.717, 1.165) is 26.3 Å². The van der Waals surface area contributed by atoms with Crippen molar-refractivity contribution in [2.75, 3.05) is 44.8 Å². The first-order chi connectivity index (χ1) is 10.2. The highest BCUT2D eigenvalue weighted by molar-refractivity contribution is 7.90. The summed E-state index contributed by atoms with van der Waals surface area (Å²) in [5, 5.41) is 0. The molecule has 0 atom stereocenters. The summed E-state index contributed by atoms with van der Waals surface area (Å²) in [5.41, 5.74) is 0.529. The number of morpholine rings is 1. The Hall–Kier alpha value is -0.140. The van der Waals surface area contributed by atoms with Crippen molar-refractivity contribution in [2.24, 2.45) is 0 Å². The van der Waals surface area contributed by atoms with Crippen LogP contribution in [0, 0.1) is 0 Å². The summed E-state index contributed by atoms with van der Waals surface area (Å²) < 4.78 is 5.42. The maximum absolute atomic E-state index is 13.3. The Kier molecular flexibility index (Phi) is 9.51. The second-order valence-electron chi connectivity index (χ2n) is 6.26. The van der Waals surface area contributed by atoms with Crippen molar-refractivity contribution in [3.63, 3.8) is 0 Å². The average Bonchev–Trinajstić information content (AvgIpc) is 2.55. The molecule has 0 bridgehead atoms. The first kappa shape index (κ1) is 18.9. The van der Waals surface area contributed by atoms with Crippen molar-refractivity contribution in [2.45, 2.75) is 59.3 Å². The Morgan fingerprint density at radius 1 is 0.905 bits per heavy atom. The molecule has 0 aromatic carbocycles. The Labute approximate surface area is 132 Å². The number of ether oxygens (including phenoxy) is 1. The van der Waals surface area contributed by atoms with Crippen LogP contribution in [-0.2, 0) is 4.74 Å². The third-order valence-electron chi connectivity index (χ3n) is 4.51. The van der Waals surface area contributed by atoms with Gasteiger partial charge in [0.05, 0.1) is 31.7 Å². The molecule has 0 radical (unpaired) electrons. The van der Waals surface area contributed by atoms with Crippen LogP contribution >= 0.6 is 7.26 Å². The largest absolute Gasteiger partial charge is 0.378 e. The van der Waals surface area contributed by atoms with Crippen molar-refractivity contribution < 1.29 is 9.53 Å². The molecule has 3 nitrogen and oxygen atoms in total. The normalized spacial score (nSPS) is 16.2. The molecular formula is C17H35NO2P+. The molecule has 4 heteroatoms. The summed E-state index contributed by atoms with van der Waals surface area (Å²) in [4.78, 5) is 15.4. The lowest BCUT2D eigenvalue weighted by atomic mass is 10.4. The first-order valence-corrected chi connectivity index (χ1v) is 11.3.